The van der Waals surface area contributed by atoms with E-state index in [1.807, 2.05) is 36.4 Å². The molecular formula is C18H19N3O2S. The first-order valence-electron chi connectivity index (χ1n) is 8.17. The van der Waals surface area contributed by atoms with Gasteiger partial charge in [0.2, 0.25) is 0 Å². The molecule has 5 nitrogen and oxygen atoms in total. The minimum absolute atomic E-state index is 0.0897. The van der Waals surface area contributed by atoms with Gasteiger partial charge in [0, 0.05) is 17.5 Å². The van der Waals surface area contributed by atoms with Crippen LogP contribution < -0.4 is 5.56 Å². The van der Waals surface area contributed by atoms with Crippen LogP contribution in [-0.4, -0.2) is 39.2 Å². The molecule has 0 radical (unpaired) electrons. The van der Waals surface area contributed by atoms with Crippen molar-refractivity contribution in [1.82, 2.24) is 14.9 Å². The molecule has 1 saturated carbocycles. The van der Waals surface area contributed by atoms with Gasteiger partial charge in [-0.1, -0.05) is 30.3 Å². The summed E-state index contributed by atoms with van der Waals surface area (Å²) in [6, 6.07) is 12.5. The normalized spacial score (nSPS) is 14.6. The summed E-state index contributed by atoms with van der Waals surface area (Å²) in [4.78, 5) is 24.0. The number of hydrogen-bond acceptors (Lipinski definition) is 5. The number of nitrogens with one attached hydrogen (secondary N) is 1. The van der Waals surface area contributed by atoms with Gasteiger partial charge in [-0.05, 0) is 24.5 Å². The summed E-state index contributed by atoms with van der Waals surface area (Å²) >= 11 is 1.54. The number of aliphatic hydroxyl groups excluding tert-OH is 1. The van der Waals surface area contributed by atoms with Crippen molar-refractivity contribution in [3.63, 3.8) is 0 Å². The Kier molecular flexibility index (Phi) is 4.18. The molecule has 0 spiro atoms. The van der Waals surface area contributed by atoms with E-state index in [4.69, 9.17) is 0 Å². The highest BCUT2D eigenvalue weighted by molar-refractivity contribution is 7.21. The van der Waals surface area contributed by atoms with Gasteiger partial charge in [-0.15, -0.1) is 11.3 Å². The van der Waals surface area contributed by atoms with E-state index in [-0.39, 0.29) is 12.2 Å². The number of aromatic nitrogens is 2. The number of aliphatic hydroxyl groups is 1. The Morgan fingerprint density at radius 2 is 2.08 bits per heavy atom. The van der Waals surface area contributed by atoms with E-state index in [1.54, 1.807) is 11.3 Å². The summed E-state index contributed by atoms with van der Waals surface area (Å²) in [5, 5.41) is 9.86. The van der Waals surface area contributed by atoms with Crippen LogP contribution in [0.25, 0.3) is 20.7 Å². The maximum Gasteiger partial charge on any atom is 0.259 e. The fourth-order valence-electron chi connectivity index (χ4n) is 2.95. The van der Waals surface area contributed by atoms with Gasteiger partial charge in [-0.25, -0.2) is 4.98 Å². The molecule has 0 bridgehead atoms. The molecule has 24 heavy (non-hydrogen) atoms. The molecule has 1 aromatic carbocycles. The van der Waals surface area contributed by atoms with E-state index in [1.165, 1.54) is 0 Å². The number of rotatable bonds is 6. The first kappa shape index (κ1) is 15.5. The zero-order chi connectivity index (χ0) is 16.5. The molecule has 0 saturated heterocycles. The second-order valence-electron chi connectivity index (χ2n) is 6.13. The predicted molar refractivity (Wildman–Crippen MR) is 96.2 cm³/mol. The monoisotopic (exact) mass is 341 g/mol. The van der Waals surface area contributed by atoms with Crippen molar-refractivity contribution in [2.45, 2.75) is 25.4 Å². The SMILES string of the molecule is O=c1[nH]c(CN(CCO)C2CC2)nc2sc(-c3ccccc3)cc12. The van der Waals surface area contributed by atoms with Crippen LogP contribution >= 0.6 is 11.3 Å². The molecule has 2 N–H and O–H groups in total. The van der Waals surface area contributed by atoms with Crippen molar-refractivity contribution in [2.75, 3.05) is 13.2 Å². The number of H-pyrrole nitrogens is 1. The van der Waals surface area contributed by atoms with E-state index in [2.05, 4.69) is 14.9 Å². The van der Waals surface area contributed by atoms with Gasteiger partial charge in [0.15, 0.2) is 0 Å². The maximum absolute atomic E-state index is 12.4. The number of hydrogen-bond donors (Lipinski definition) is 2. The Labute approximate surface area is 143 Å². The molecule has 2 aromatic heterocycles. The van der Waals surface area contributed by atoms with Crippen LogP contribution in [0.2, 0.25) is 0 Å². The topological polar surface area (TPSA) is 69.2 Å². The number of aromatic amines is 1. The van der Waals surface area contributed by atoms with Crippen molar-refractivity contribution >= 4 is 21.6 Å². The summed E-state index contributed by atoms with van der Waals surface area (Å²) in [7, 11) is 0. The predicted octanol–water partition coefficient (Wildman–Crippen LogP) is 2.61. The molecule has 0 aliphatic heterocycles. The molecule has 4 rings (SSSR count). The van der Waals surface area contributed by atoms with E-state index in [0.717, 1.165) is 28.1 Å². The van der Waals surface area contributed by atoms with Gasteiger partial charge in [0.25, 0.3) is 5.56 Å². The highest BCUT2D eigenvalue weighted by atomic mass is 32.1. The molecule has 0 atom stereocenters. The second-order valence-corrected chi connectivity index (χ2v) is 7.16. The zero-order valence-electron chi connectivity index (χ0n) is 13.2. The molecular weight excluding hydrogens is 322 g/mol. The Morgan fingerprint density at radius 1 is 1.29 bits per heavy atom. The lowest BCUT2D eigenvalue weighted by atomic mass is 10.2. The number of thiophene rings is 1. The minimum Gasteiger partial charge on any atom is -0.395 e. The fourth-order valence-corrected chi connectivity index (χ4v) is 4.00. The van der Waals surface area contributed by atoms with Gasteiger partial charge in [0.1, 0.15) is 10.7 Å². The summed E-state index contributed by atoms with van der Waals surface area (Å²) in [5.41, 5.74) is 1.01. The third-order valence-electron chi connectivity index (χ3n) is 4.31. The maximum atomic E-state index is 12.4. The average molecular weight is 341 g/mol. The summed E-state index contributed by atoms with van der Waals surface area (Å²) in [6.45, 7) is 1.32. The summed E-state index contributed by atoms with van der Waals surface area (Å²) in [6.07, 6.45) is 2.31. The zero-order valence-corrected chi connectivity index (χ0v) is 14.1. The van der Waals surface area contributed by atoms with E-state index < -0.39 is 0 Å². The van der Waals surface area contributed by atoms with Crippen LogP contribution in [0.3, 0.4) is 0 Å². The lowest BCUT2D eigenvalue weighted by molar-refractivity contribution is 0.180. The Hall–Kier alpha value is -2.02. The quantitative estimate of drug-likeness (QED) is 0.723. The molecule has 1 aliphatic rings. The van der Waals surface area contributed by atoms with Crippen LogP contribution in [-0.2, 0) is 6.54 Å². The van der Waals surface area contributed by atoms with Crippen LogP contribution in [0.4, 0.5) is 0 Å². The largest absolute Gasteiger partial charge is 0.395 e. The Balaban J connectivity index is 1.67. The first-order valence-corrected chi connectivity index (χ1v) is 8.99. The van der Waals surface area contributed by atoms with Gasteiger partial charge >= 0.3 is 0 Å². The van der Waals surface area contributed by atoms with Crippen LogP contribution in [0, 0.1) is 0 Å². The molecule has 2 heterocycles. The number of nitrogens with zero attached hydrogens (tertiary/aromatic N) is 2. The van der Waals surface area contributed by atoms with Crippen LogP contribution in [0.15, 0.2) is 41.2 Å². The van der Waals surface area contributed by atoms with Crippen LogP contribution in [0.1, 0.15) is 18.7 Å². The van der Waals surface area contributed by atoms with Crippen molar-refractivity contribution in [3.8, 4) is 10.4 Å². The molecule has 124 valence electrons. The fraction of sp³-hybridized carbons (Fsp3) is 0.333. The first-order chi connectivity index (χ1) is 11.7. The molecule has 6 heteroatoms. The van der Waals surface area contributed by atoms with E-state index in [9.17, 15) is 9.90 Å². The minimum atomic E-state index is -0.0897. The Morgan fingerprint density at radius 3 is 2.79 bits per heavy atom. The van der Waals surface area contributed by atoms with Crippen LogP contribution in [0.5, 0.6) is 0 Å². The van der Waals surface area contributed by atoms with E-state index >= 15 is 0 Å². The lowest BCUT2D eigenvalue weighted by Gasteiger charge is -2.19. The van der Waals surface area contributed by atoms with Gasteiger partial charge < -0.3 is 10.1 Å². The smallest absolute Gasteiger partial charge is 0.259 e. The second kappa shape index (κ2) is 6.47. The molecule has 0 amide bonds. The lowest BCUT2D eigenvalue weighted by Crippen LogP contribution is -2.30. The Bertz CT molecular complexity index is 900. The van der Waals surface area contributed by atoms with Gasteiger partial charge in [-0.3, -0.25) is 9.69 Å². The third kappa shape index (κ3) is 3.13. The summed E-state index contributed by atoms with van der Waals surface area (Å²) in [5.74, 6) is 0.675. The standard InChI is InChI=1S/C18H19N3O2S/c22-9-8-21(13-6-7-13)11-16-19-17(23)14-10-15(24-18(14)20-16)12-4-2-1-3-5-12/h1-5,10,13,22H,6-9,11H2,(H,19,20,23). The molecule has 1 fully saturated rings. The van der Waals surface area contributed by atoms with Gasteiger partial charge in [-0.2, -0.15) is 0 Å². The summed E-state index contributed by atoms with van der Waals surface area (Å²) < 4.78 is 0. The van der Waals surface area contributed by atoms with Gasteiger partial charge in [0.05, 0.1) is 18.5 Å². The third-order valence-corrected chi connectivity index (χ3v) is 5.39. The highest BCUT2D eigenvalue weighted by Crippen LogP contribution is 2.31. The van der Waals surface area contributed by atoms with Crippen molar-refractivity contribution in [3.05, 3.63) is 52.6 Å². The van der Waals surface area contributed by atoms with E-state index in [0.29, 0.717) is 30.3 Å². The number of benzene rings is 1. The van der Waals surface area contributed by atoms with Crippen molar-refractivity contribution in [2.24, 2.45) is 0 Å². The molecule has 3 aromatic rings. The average Bonchev–Trinajstić information content (AvgIpc) is 3.34. The number of fused-ring (bicyclic) bond motifs is 1. The molecule has 0 unspecified atom stereocenters. The van der Waals surface area contributed by atoms with Crippen molar-refractivity contribution in [1.29, 1.82) is 0 Å². The molecule has 1 aliphatic carbocycles. The highest BCUT2D eigenvalue weighted by Gasteiger charge is 2.29. The van der Waals surface area contributed by atoms with Crippen molar-refractivity contribution < 1.29 is 5.11 Å².